The van der Waals surface area contributed by atoms with Gasteiger partial charge in [-0.05, 0) is 19.8 Å². The summed E-state index contributed by atoms with van der Waals surface area (Å²) in [6.45, 7) is 2.06. The van der Waals surface area contributed by atoms with Crippen molar-refractivity contribution >= 4 is 6.29 Å². The van der Waals surface area contributed by atoms with E-state index in [0.29, 0.717) is 12.5 Å². The molecule has 1 aromatic heterocycles. The number of aromatic nitrogens is 2. The Kier molecular flexibility index (Phi) is 2.66. The molecule has 2 rings (SSSR count). The number of carbonyl (C=O) groups is 1. The summed E-state index contributed by atoms with van der Waals surface area (Å²) in [6, 6.07) is 0.579. The van der Waals surface area contributed by atoms with Gasteiger partial charge < -0.3 is 4.79 Å². The van der Waals surface area contributed by atoms with Crippen molar-refractivity contribution in [3.63, 3.8) is 0 Å². The molecule has 76 valence electrons. The molecule has 0 aromatic carbocycles. The monoisotopic (exact) mass is 192 g/mol. The van der Waals surface area contributed by atoms with Crippen molar-refractivity contribution in [3.05, 3.63) is 17.5 Å². The molecule has 0 N–H and O–H groups in total. The molecule has 0 unspecified atom stereocenters. The molecule has 1 aromatic rings. The maximum atomic E-state index is 10.4. The Morgan fingerprint density at radius 3 is 2.93 bits per heavy atom. The Hall–Kier alpha value is -1.12. The molecule has 0 saturated heterocycles. The summed E-state index contributed by atoms with van der Waals surface area (Å²) in [4.78, 5) is 10.4. The molecule has 0 atom stereocenters. The molecule has 3 heteroatoms. The molecular formula is C11H16N2O. The van der Waals surface area contributed by atoms with Gasteiger partial charge in [-0.2, -0.15) is 5.10 Å². The van der Waals surface area contributed by atoms with Gasteiger partial charge in [-0.25, -0.2) is 0 Å². The molecule has 1 saturated carbocycles. The summed E-state index contributed by atoms with van der Waals surface area (Å²) >= 11 is 0. The third-order valence-electron chi connectivity index (χ3n) is 3.12. The molecular weight excluding hydrogens is 176 g/mol. The van der Waals surface area contributed by atoms with E-state index in [1.54, 1.807) is 0 Å². The fourth-order valence-corrected chi connectivity index (χ4v) is 2.27. The third kappa shape index (κ3) is 1.59. The van der Waals surface area contributed by atoms with Crippen LogP contribution in [0.2, 0.25) is 0 Å². The van der Waals surface area contributed by atoms with Crippen LogP contribution in [-0.4, -0.2) is 16.1 Å². The van der Waals surface area contributed by atoms with E-state index < -0.39 is 0 Å². The van der Waals surface area contributed by atoms with Gasteiger partial charge in [0.05, 0.1) is 12.2 Å². The van der Waals surface area contributed by atoms with Gasteiger partial charge in [0.2, 0.25) is 0 Å². The third-order valence-corrected chi connectivity index (χ3v) is 3.12. The Balaban J connectivity index is 2.21. The van der Waals surface area contributed by atoms with Crippen LogP contribution >= 0.6 is 0 Å². The second kappa shape index (κ2) is 3.95. The van der Waals surface area contributed by atoms with Crippen LogP contribution in [0.15, 0.2) is 6.20 Å². The summed E-state index contributed by atoms with van der Waals surface area (Å²) in [6.07, 6.45) is 8.38. The molecule has 1 aliphatic carbocycles. The zero-order chi connectivity index (χ0) is 9.97. The van der Waals surface area contributed by atoms with Crippen LogP contribution in [0.5, 0.6) is 0 Å². The summed E-state index contributed by atoms with van der Waals surface area (Å²) < 4.78 is 2.10. The van der Waals surface area contributed by atoms with Gasteiger partial charge in [0.1, 0.15) is 6.29 Å². The minimum Gasteiger partial charge on any atom is -0.303 e. The molecule has 0 aliphatic heterocycles. The highest BCUT2D eigenvalue weighted by atomic mass is 16.1. The van der Waals surface area contributed by atoms with Crippen LogP contribution in [0.3, 0.4) is 0 Å². The average Bonchev–Trinajstić information content (AvgIpc) is 2.77. The fourth-order valence-electron chi connectivity index (χ4n) is 2.27. The Bertz CT molecular complexity index is 324. The summed E-state index contributed by atoms with van der Waals surface area (Å²) in [7, 11) is 0. The zero-order valence-electron chi connectivity index (χ0n) is 8.57. The van der Waals surface area contributed by atoms with Gasteiger partial charge in [0.25, 0.3) is 0 Å². The van der Waals surface area contributed by atoms with E-state index in [-0.39, 0.29) is 0 Å². The lowest BCUT2D eigenvalue weighted by Gasteiger charge is -2.12. The first-order chi connectivity index (χ1) is 6.83. The molecule has 1 heterocycles. The summed E-state index contributed by atoms with van der Waals surface area (Å²) in [5.41, 5.74) is 2.25. The molecule has 0 radical (unpaired) electrons. The Morgan fingerprint density at radius 2 is 2.29 bits per heavy atom. The van der Waals surface area contributed by atoms with E-state index in [9.17, 15) is 4.79 Å². The maximum Gasteiger partial charge on any atom is 0.124 e. The van der Waals surface area contributed by atoms with Crippen molar-refractivity contribution in [2.45, 2.75) is 45.1 Å². The average molecular weight is 192 g/mol. The maximum absolute atomic E-state index is 10.4. The van der Waals surface area contributed by atoms with Gasteiger partial charge in [-0.1, -0.05) is 12.8 Å². The second-order valence-electron chi connectivity index (χ2n) is 4.01. The molecule has 1 aliphatic rings. The SMILES string of the molecule is Cc1c(CC=O)cnn1C1CCCC1. The predicted octanol–water partition coefficient (Wildman–Crippen LogP) is 2.05. The lowest BCUT2D eigenvalue weighted by atomic mass is 10.2. The number of hydrogen-bond acceptors (Lipinski definition) is 2. The second-order valence-corrected chi connectivity index (χ2v) is 4.01. The van der Waals surface area contributed by atoms with Crippen LogP contribution in [0.25, 0.3) is 0 Å². The van der Waals surface area contributed by atoms with Gasteiger partial charge in [-0.15, -0.1) is 0 Å². The lowest BCUT2D eigenvalue weighted by Crippen LogP contribution is -2.08. The van der Waals surface area contributed by atoms with E-state index in [4.69, 9.17) is 0 Å². The number of aldehydes is 1. The quantitative estimate of drug-likeness (QED) is 0.687. The number of rotatable bonds is 3. The molecule has 0 spiro atoms. The first kappa shape index (κ1) is 9.44. The van der Waals surface area contributed by atoms with Crippen molar-refractivity contribution in [2.75, 3.05) is 0 Å². The van der Waals surface area contributed by atoms with Crippen LogP contribution in [0, 0.1) is 6.92 Å². The minimum atomic E-state index is 0.499. The lowest BCUT2D eigenvalue weighted by molar-refractivity contribution is -0.107. The predicted molar refractivity (Wildman–Crippen MR) is 54.2 cm³/mol. The van der Waals surface area contributed by atoms with E-state index in [2.05, 4.69) is 16.7 Å². The molecule has 1 fully saturated rings. The Morgan fingerprint density at radius 1 is 1.57 bits per heavy atom. The molecule has 0 bridgehead atoms. The number of nitrogens with zero attached hydrogens (tertiary/aromatic N) is 2. The topological polar surface area (TPSA) is 34.9 Å². The Labute approximate surface area is 84.1 Å². The van der Waals surface area contributed by atoms with Gasteiger partial charge in [-0.3, -0.25) is 4.68 Å². The van der Waals surface area contributed by atoms with Gasteiger partial charge >= 0.3 is 0 Å². The highest BCUT2D eigenvalue weighted by molar-refractivity contribution is 5.55. The van der Waals surface area contributed by atoms with Crippen LogP contribution in [-0.2, 0) is 11.2 Å². The first-order valence-electron chi connectivity index (χ1n) is 5.29. The number of carbonyl (C=O) groups excluding carboxylic acids is 1. The summed E-state index contributed by atoms with van der Waals surface area (Å²) in [5.74, 6) is 0. The largest absolute Gasteiger partial charge is 0.303 e. The van der Waals surface area contributed by atoms with E-state index >= 15 is 0 Å². The van der Waals surface area contributed by atoms with Crippen LogP contribution < -0.4 is 0 Å². The first-order valence-corrected chi connectivity index (χ1v) is 5.29. The number of hydrogen-bond donors (Lipinski definition) is 0. The molecule has 3 nitrogen and oxygen atoms in total. The molecule has 0 amide bonds. The zero-order valence-corrected chi connectivity index (χ0v) is 8.57. The normalized spacial score (nSPS) is 17.5. The van der Waals surface area contributed by atoms with Crippen molar-refractivity contribution in [1.82, 2.24) is 9.78 Å². The van der Waals surface area contributed by atoms with Gasteiger partial charge in [0.15, 0.2) is 0 Å². The van der Waals surface area contributed by atoms with Crippen molar-refractivity contribution in [3.8, 4) is 0 Å². The van der Waals surface area contributed by atoms with E-state index in [1.165, 1.54) is 31.4 Å². The van der Waals surface area contributed by atoms with Gasteiger partial charge in [0, 0.05) is 17.7 Å². The highest BCUT2D eigenvalue weighted by Crippen LogP contribution is 2.30. The fraction of sp³-hybridized carbons (Fsp3) is 0.636. The minimum absolute atomic E-state index is 0.499. The van der Waals surface area contributed by atoms with Crippen molar-refractivity contribution in [2.24, 2.45) is 0 Å². The highest BCUT2D eigenvalue weighted by Gasteiger charge is 2.19. The smallest absolute Gasteiger partial charge is 0.124 e. The van der Waals surface area contributed by atoms with Crippen molar-refractivity contribution in [1.29, 1.82) is 0 Å². The van der Waals surface area contributed by atoms with Crippen molar-refractivity contribution < 1.29 is 4.79 Å². The molecule has 14 heavy (non-hydrogen) atoms. The van der Waals surface area contributed by atoms with Crippen LogP contribution in [0.1, 0.15) is 43.0 Å². The van der Waals surface area contributed by atoms with Crippen LogP contribution in [0.4, 0.5) is 0 Å². The van der Waals surface area contributed by atoms with E-state index in [1.807, 2.05) is 6.20 Å². The standard InChI is InChI=1S/C11H16N2O/c1-9-10(6-7-14)8-12-13(9)11-4-2-3-5-11/h7-8,11H,2-6H2,1H3. The summed E-state index contributed by atoms with van der Waals surface area (Å²) in [5, 5.41) is 4.37. The van der Waals surface area contributed by atoms with E-state index in [0.717, 1.165) is 11.8 Å².